The molecule has 0 amide bonds. The summed E-state index contributed by atoms with van der Waals surface area (Å²) in [7, 11) is 0. The number of rotatable bonds is 7. The van der Waals surface area contributed by atoms with Gasteiger partial charge in [-0.2, -0.15) is 0 Å². The summed E-state index contributed by atoms with van der Waals surface area (Å²) >= 11 is 0. The molecule has 0 bridgehead atoms. The summed E-state index contributed by atoms with van der Waals surface area (Å²) in [6, 6.07) is 18.9. The van der Waals surface area contributed by atoms with Crippen molar-refractivity contribution in [1.82, 2.24) is 9.38 Å². The molecule has 0 fully saturated rings. The largest absolute Gasteiger partial charge is 0.504 e. The fraction of sp³-hybridized carbons (Fsp3) is 0.200. The first-order valence-corrected chi connectivity index (χ1v) is 9.98. The Morgan fingerprint density at radius 2 is 1.73 bits per heavy atom. The van der Waals surface area contributed by atoms with E-state index in [1.54, 1.807) is 24.3 Å². The van der Waals surface area contributed by atoms with Gasteiger partial charge in [-0.15, -0.1) is 0 Å². The van der Waals surface area contributed by atoms with Crippen LogP contribution in [0.5, 0.6) is 11.5 Å². The van der Waals surface area contributed by atoms with Crippen LogP contribution in [0.3, 0.4) is 0 Å². The lowest BCUT2D eigenvalue weighted by molar-refractivity contribution is -0.119. The average molecular weight is 400 g/mol. The molecule has 5 nitrogen and oxygen atoms in total. The predicted octanol–water partition coefficient (Wildman–Crippen LogP) is 4.90. The minimum absolute atomic E-state index is 0.0575. The number of Topliss-reactive ketones (excluding diaryl/α,β-unsaturated/α-hetero) is 1. The van der Waals surface area contributed by atoms with Gasteiger partial charge in [-0.1, -0.05) is 48.0 Å². The molecule has 0 aliphatic rings. The third-order valence-corrected chi connectivity index (χ3v) is 5.06. The number of fused-ring (bicyclic) bond motifs is 1. The number of hydrogen-bond donors (Lipinski definition) is 1. The maximum absolute atomic E-state index is 12.8. The molecular weight excluding hydrogens is 376 g/mol. The van der Waals surface area contributed by atoms with E-state index in [1.807, 2.05) is 48.7 Å². The summed E-state index contributed by atoms with van der Waals surface area (Å²) in [4.78, 5) is 17.6. The van der Waals surface area contributed by atoms with E-state index in [9.17, 15) is 9.90 Å². The molecular formula is C25H24N2O3. The lowest BCUT2D eigenvalue weighted by atomic mass is 10.0. The molecule has 2 heterocycles. The molecule has 0 aliphatic heterocycles. The number of ketones is 1. The van der Waals surface area contributed by atoms with Gasteiger partial charge in [-0.25, -0.2) is 4.98 Å². The van der Waals surface area contributed by atoms with Crippen LogP contribution < -0.4 is 4.74 Å². The molecule has 2 aromatic carbocycles. The van der Waals surface area contributed by atoms with E-state index in [0.717, 1.165) is 28.2 Å². The van der Waals surface area contributed by atoms with E-state index in [4.69, 9.17) is 9.72 Å². The van der Waals surface area contributed by atoms with Crippen LogP contribution >= 0.6 is 0 Å². The number of phenolic OH excluding ortho intramolecular Hbond substituents is 1. The fourth-order valence-corrected chi connectivity index (χ4v) is 3.44. The Hall–Kier alpha value is -3.60. The molecule has 0 radical (unpaired) electrons. The first-order chi connectivity index (χ1) is 14.5. The summed E-state index contributed by atoms with van der Waals surface area (Å²) in [5.41, 5.74) is 5.81. The highest BCUT2D eigenvalue weighted by atomic mass is 16.5. The molecule has 0 saturated heterocycles. The molecule has 2 aromatic heterocycles. The zero-order chi connectivity index (χ0) is 21.1. The first kappa shape index (κ1) is 19.7. The monoisotopic (exact) mass is 400 g/mol. The Morgan fingerprint density at radius 1 is 1.00 bits per heavy atom. The lowest BCUT2D eigenvalue weighted by Crippen LogP contribution is -2.11. The second-order valence-corrected chi connectivity index (χ2v) is 7.49. The van der Waals surface area contributed by atoms with Gasteiger partial charge in [0.1, 0.15) is 11.4 Å². The molecule has 5 heteroatoms. The first-order valence-electron chi connectivity index (χ1n) is 9.98. The number of phenols is 1. The van der Waals surface area contributed by atoms with E-state index in [0.29, 0.717) is 5.75 Å². The van der Waals surface area contributed by atoms with Crippen LogP contribution in [0.15, 0.2) is 66.9 Å². The van der Waals surface area contributed by atoms with Crippen molar-refractivity contribution in [2.24, 2.45) is 0 Å². The number of carbonyl (C=O) groups excluding carboxylic acids is 1. The Bertz CT molecular complexity index is 1190. The molecule has 0 unspecified atom stereocenters. The third kappa shape index (κ3) is 4.20. The fourth-order valence-electron chi connectivity index (χ4n) is 3.44. The maximum atomic E-state index is 12.8. The molecule has 0 aliphatic carbocycles. The summed E-state index contributed by atoms with van der Waals surface area (Å²) in [6.07, 6.45) is 2.53. The Morgan fingerprint density at radius 3 is 2.50 bits per heavy atom. The highest BCUT2D eigenvalue weighted by Gasteiger charge is 2.17. The van der Waals surface area contributed by atoms with Crippen LogP contribution in [0.25, 0.3) is 16.9 Å². The van der Waals surface area contributed by atoms with Crippen molar-refractivity contribution >= 4 is 11.4 Å². The normalized spacial score (nSPS) is 11.0. The van der Waals surface area contributed by atoms with Crippen LogP contribution in [0.4, 0.5) is 0 Å². The van der Waals surface area contributed by atoms with Crippen molar-refractivity contribution < 1.29 is 14.6 Å². The number of ether oxygens (including phenoxy) is 1. The average Bonchev–Trinajstić information content (AvgIpc) is 3.07. The number of carbonyl (C=O) groups is 1. The van der Waals surface area contributed by atoms with Crippen LogP contribution in [-0.2, 0) is 11.2 Å². The quantitative estimate of drug-likeness (QED) is 0.479. The van der Waals surface area contributed by atoms with Crippen molar-refractivity contribution in [2.45, 2.75) is 26.7 Å². The zero-order valence-corrected chi connectivity index (χ0v) is 17.1. The van der Waals surface area contributed by atoms with Crippen molar-refractivity contribution in [1.29, 1.82) is 0 Å². The van der Waals surface area contributed by atoms with Crippen molar-refractivity contribution in [3.8, 4) is 22.8 Å². The third-order valence-electron chi connectivity index (χ3n) is 5.06. The van der Waals surface area contributed by atoms with Crippen LogP contribution in [0.1, 0.15) is 23.2 Å². The molecule has 0 atom stereocenters. The number of aryl methyl sites for hydroxylation is 2. The van der Waals surface area contributed by atoms with E-state index in [-0.39, 0.29) is 31.0 Å². The highest BCUT2D eigenvalue weighted by molar-refractivity contribution is 5.83. The van der Waals surface area contributed by atoms with Crippen LogP contribution in [0, 0.1) is 13.8 Å². The van der Waals surface area contributed by atoms with Gasteiger partial charge in [0.25, 0.3) is 0 Å². The number of para-hydroxylation sites is 2. The Balaban J connectivity index is 1.56. The van der Waals surface area contributed by atoms with Crippen molar-refractivity contribution in [3.05, 3.63) is 83.7 Å². The second kappa shape index (κ2) is 8.41. The minimum Gasteiger partial charge on any atom is -0.504 e. The number of nitrogens with zero attached hydrogens (tertiary/aromatic N) is 2. The molecule has 0 saturated carbocycles. The van der Waals surface area contributed by atoms with E-state index in [1.165, 1.54) is 5.56 Å². The highest BCUT2D eigenvalue weighted by Crippen LogP contribution is 2.27. The number of benzene rings is 2. The molecule has 1 N–H and O–H groups in total. The number of aromatic nitrogens is 2. The zero-order valence-electron chi connectivity index (χ0n) is 17.1. The van der Waals surface area contributed by atoms with Crippen LogP contribution in [-0.4, -0.2) is 26.9 Å². The van der Waals surface area contributed by atoms with E-state index < -0.39 is 0 Å². The Labute approximate surface area is 175 Å². The van der Waals surface area contributed by atoms with Crippen LogP contribution in [0.2, 0.25) is 0 Å². The summed E-state index contributed by atoms with van der Waals surface area (Å²) in [6.45, 7) is 4.29. The number of pyridine rings is 1. The molecule has 4 rings (SSSR count). The van der Waals surface area contributed by atoms with Crippen molar-refractivity contribution in [2.75, 3.05) is 6.61 Å². The molecule has 30 heavy (non-hydrogen) atoms. The topological polar surface area (TPSA) is 63.8 Å². The number of imidazole rings is 1. The van der Waals surface area contributed by atoms with Gasteiger partial charge in [0.05, 0.1) is 18.0 Å². The van der Waals surface area contributed by atoms with Gasteiger partial charge in [0.2, 0.25) is 0 Å². The van der Waals surface area contributed by atoms with Gasteiger partial charge >= 0.3 is 0 Å². The van der Waals surface area contributed by atoms with Gasteiger partial charge in [0.15, 0.2) is 11.5 Å². The van der Waals surface area contributed by atoms with Gasteiger partial charge in [-0.3, -0.25) is 4.79 Å². The summed E-state index contributed by atoms with van der Waals surface area (Å²) in [5, 5.41) is 9.79. The molecule has 4 aromatic rings. The standard InChI is InChI=1S/C25H24N2O3/c1-17-7-10-19(11-8-17)25-21(27-16-18(2)9-12-24(27)26-25)15-20(28)13-14-30-23-6-4-3-5-22(23)29/h3-12,16,29H,13-15H2,1-2H3. The predicted molar refractivity (Wildman–Crippen MR) is 117 cm³/mol. The minimum atomic E-state index is 0.0575. The second-order valence-electron chi connectivity index (χ2n) is 7.49. The Kier molecular flexibility index (Phi) is 5.53. The molecule has 0 spiro atoms. The smallest absolute Gasteiger partial charge is 0.160 e. The van der Waals surface area contributed by atoms with Crippen molar-refractivity contribution in [3.63, 3.8) is 0 Å². The van der Waals surface area contributed by atoms with E-state index in [2.05, 4.69) is 12.1 Å². The number of hydrogen-bond acceptors (Lipinski definition) is 4. The van der Waals surface area contributed by atoms with Gasteiger partial charge < -0.3 is 14.2 Å². The maximum Gasteiger partial charge on any atom is 0.160 e. The summed E-state index contributed by atoms with van der Waals surface area (Å²) in [5.74, 6) is 0.516. The lowest BCUT2D eigenvalue weighted by Gasteiger charge is -2.08. The number of aromatic hydroxyl groups is 1. The van der Waals surface area contributed by atoms with Gasteiger partial charge in [0, 0.05) is 24.6 Å². The van der Waals surface area contributed by atoms with Gasteiger partial charge in [-0.05, 0) is 37.6 Å². The van der Waals surface area contributed by atoms with E-state index >= 15 is 0 Å². The molecule has 152 valence electrons. The summed E-state index contributed by atoms with van der Waals surface area (Å²) < 4.78 is 7.57. The SMILES string of the molecule is Cc1ccc(-c2nc3ccc(C)cn3c2CC(=O)CCOc2ccccc2O)cc1.